The van der Waals surface area contributed by atoms with E-state index in [4.69, 9.17) is 14.0 Å². The molecule has 1 aliphatic heterocycles. The summed E-state index contributed by atoms with van der Waals surface area (Å²) in [6.07, 6.45) is 3.26. The van der Waals surface area contributed by atoms with E-state index in [2.05, 4.69) is 4.98 Å². The van der Waals surface area contributed by atoms with Gasteiger partial charge in [-0.15, -0.1) is 0 Å². The smallest absolute Gasteiger partial charge is 0.294 e. The van der Waals surface area contributed by atoms with E-state index in [1.807, 2.05) is 24.4 Å². The first-order valence-electron chi connectivity index (χ1n) is 7.97. The number of ether oxygens (including phenoxy) is 2. The van der Waals surface area contributed by atoms with Gasteiger partial charge in [0, 0.05) is 17.1 Å². The van der Waals surface area contributed by atoms with E-state index in [1.54, 1.807) is 12.1 Å². The van der Waals surface area contributed by atoms with Crippen molar-refractivity contribution < 1.29 is 22.4 Å². The normalized spacial score (nSPS) is 16.9. The molecule has 0 saturated heterocycles. The van der Waals surface area contributed by atoms with Crippen molar-refractivity contribution in [2.75, 3.05) is 6.61 Å². The molecule has 7 heteroatoms. The highest BCUT2D eigenvalue weighted by atomic mass is 32.2. The molecule has 6 nitrogen and oxygen atoms in total. The molecule has 4 rings (SSSR count). The van der Waals surface area contributed by atoms with Gasteiger partial charge in [0.05, 0.1) is 4.90 Å². The summed E-state index contributed by atoms with van der Waals surface area (Å²) in [7, 11) is -4.15. The Morgan fingerprint density at radius 1 is 1.12 bits per heavy atom. The van der Waals surface area contributed by atoms with Crippen molar-refractivity contribution in [2.24, 2.45) is 0 Å². The van der Waals surface area contributed by atoms with Crippen LogP contribution in [0.15, 0.2) is 53.6 Å². The average molecular weight is 359 g/mol. The third-order valence-corrected chi connectivity index (χ3v) is 5.20. The first-order valence-corrected chi connectivity index (χ1v) is 9.41. The molecule has 0 bridgehead atoms. The first-order chi connectivity index (χ1) is 12.0. The molecule has 1 unspecified atom stereocenters. The minimum Gasteiger partial charge on any atom is -0.486 e. The van der Waals surface area contributed by atoms with Crippen LogP contribution in [0.3, 0.4) is 0 Å². The quantitative estimate of drug-likeness (QED) is 0.699. The number of hydrogen-bond donors (Lipinski definition) is 2. The van der Waals surface area contributed by atoms with Crippen molar-refractivity contribution in [3.8, 4) is 11.5 Å². The zero-order chi connectivity index (χ0) is 17.4. The van der Waals surface area contributed by atoms with Gasteiger partial charge >= 0.3 is 0 Å². The van der Waals surface area contributed by atoms with Crippen LogP contribution in [0.25, 0.3) is 10.9 Å². The molecule has 0 aliphatic carbocycles. The molecule has 1 aromatic heterocycles. The Morgan fingerprint density at radius 2 is 1.92 bits per heavy atom. The lowest BCUT2D eigenvalue weighted by molar-refractivity contribution is 0.0871. The number of fused-ring (bicyclic) bond motifs is 3. The molecule has 0 amide bonds. The number of hydrogen-bond acceptors (Lipinski definition) is 4. The predicted octanol–water partition coefficient (Wildman–Crippen LogP) is 3.19. The van der Waals surface area contributed by atoms with E-state index in [9.17, 15) is 8.42 Å². The highest BCUT2D eigenvalue weighted by molar-refractivity contribution is 7.85. The van der Waals surface area contributed by atoms with Crippen LogP contribution >= 0.6 is 0 Å². The van der Waals surface area contributed by atoms with Gasteiger partial charge in [0.25, 0.3) is 10.1 Å². The molecule has 0 radical (unpaired) electrons. The Bertz CT molecular complexity index is 1010. The Morgan fingerprint density at radius 3 is 2.68 bits per heavy atom. The van der Waals surface area contributed by atoms with Crippen LogP contribution in [0.4, 0.5) is 0 Å². The van der Waals surface area contributed by atoms with Crippen molar-refractivity contribution in [1.82, 2.24) is 4.98 Å². The topological polar surface area (TPSA) is 88.6 Å². The monoisotopic (exact) mass is 359 g/mol. The van der Waals surface area contributed by atoms with Gasteiger partial charge in [-0.25, -0.2) is 0 Å². The number of aryl methyl sites for hydroxylation is 1. The van der Waals surface area contributed by atoms with Gasteiger partial charge in [0.1, 0.15) is 12.7 Å². The summed E-state index contributed by atoms with van der Waals surface area (Å²) in [5.41, 5.74) is 1.98. The summed E-state index contributed by atoms with van der Waals surface area (Å²) in [5.74, 6) is 1.51. The van der Waals surface area contributed by atoms with E-state index in [0.29, 0.717) is 6.61 Å². The molecule has 0 saturated carbocycles. The Kier molecular flexibility index (Phi) is 3.89. The van der Waals surface area contributed by atoms with Crippen LogP contribution in [-0.4, -0.2) is 30.7 Å². The lowest BCUT2D eigenvalue weighted by Crippen LogP contribution is -2.29. The van der Waals surface area contributed by atoms with Crippen LogP contribution in [0.5, 0.6) is 11.5 Å². The number of nitrogens with one attached hydrogen (secondary N) is 1. The molecule has 2 aromatic carbocycles. The Hall–Kier alpha value is -2.51. The van der Waals surface area contributed by atoms with E-state index in [1.165, 1.54) is 12.1 Å². The van der Waals surface area contributed by atoms with Crippen molar-refractivity contribution >= 4 is 21.0 Å². The van der Waals surface area contributed by atoms with Crippen LogP contribution in [0, 0.1) is 0 Å². The second-order valence-corrected chi connectivity index (χ2v) is 7.46. The fourth-order valence-corrected chi connectivity index (χ4v) is 3.48. The maximum atomic E-state index is 11.1. The third-order valence-electron chi connectivity index (χ3n) is 4.33. The minimum absolute atomic E-state index is 0.0748. The van der Waals surface area contributed by atoms with Gasteiger partial charge in [0.2, 0.25) is 0 Å². The third kappa shape index (κ3) is 3.20. The molecule has 25 heavy (non-hydrogen) atoms. The van der Waals surface area contributed by atoms with Gasteiger partial charge < -0.3 is 14.5 Å². The molecule has 3 aromatic rings. The molecule has 2 N–H and O–H groups in total. The minimum atomic E-state index is -4.15. The summed E-state index contributed by atoms with van der Waals surface area (Å²) in [6.45, 7) is 0.478. The molecule has 0 fully saturated rings. The summed E-state index contributed by atoms with van der Waals surface area (Å²) in [6, 6.07) is 12.0. The zero-order valence-corrected chi connectivity index (χ0v) is 14.1. The standard InChI is InChI=1S/C18H17NO5S/c20-25(21,22)14-5-2-12(3-6-14)1-4-13-11-23-17-8-7-16-15(9-10-19-16)18(17)24-13/h2-3,5-10,13,19H,1,4,11H2,(H,20,21,22). The average Bonchev–Trinajstić information content (AvgIpc) is 3.08. The fraction of sp³-hybridized carbons (Fsp3) is 0.222. The lowest BCUT2D eigenvalue weighted by Gasteiger charge is -2.27. The number of benzene rings is 2. The molecule has 0 spiro atoms. The summed E-state index contributed by atoms with van der Waals surface area (Å²) < 4.78 is 43.1. The highest BCUT2D eigenvalue weighted by Crippen LogP contribution is 2.39. The van der Waals surface area contributed by atoms with Crippen molar-refractivity contribution in [3.05, 3.63) is 54.2 Å². The SMILES string of the molecule is O=S(=O)(O)c1ccc(CCC2COc3ccc4[nH]ccc4c3O2)cc1. The molecule has 130 valence electrons. The van der Waals surface area contributed by atoms with Gasteiger partial charge in [-0.05, 0) is 48.7 Å². The van der Waals surface area contributed by atoms with Crippen LogP contribution < -0.4 is 9.47 Å². The number of aromatic nitrogens is 1. The van der Waals surface area contributed by atoms with Crippen LogP contribution in [0.2, 0.25) is 0 Å². The van der Waals surface area contributed by atoms with E-state index in [0.717, 1.165) is 40.8 Å². The fourth-order valence-electron chi connectivity index (χ4n) is 3.00. The number of rotatable bonds is 4. The highest BCUT2D eigenvalue weighted by Gasteiger charge is 2.23. The van der Waals surface area contributed by atoms with Gasteiger partial charge in [-0.3, -0.25) is 4.55 Å². The Balaban J connectivity index is 1.45. The second-order valence-electron chi connectivity index (χ2n) is 6.04. The maximum Gasteiger partial charge on any atom is 0.294 e. The zero-order valence-electron chi connectivity index (χ0n) is 13.3. The largest absolute Gasteiger partial charge is 0.486 e. The summed E-state index contributed by atoms with van der Waals surface area (Å²) in [4.78, 5) is 3.05. The molecule has 1 aliphatic rings. The molecule has 2 heterocycles. The van der Waals surface area contributed by atoms with Gasteiger partial charge in [0.15, 0.2) is 11.5 Å². The van der Waals surface area contributed by atoms with Crippen LogP contribution in [0.1, 0.15) is 12.0 Å². The molecular weight excluding hydrogens is 342 g/mol. The van der Waals surface area contributed by atoms with Crippen LogP contribution in [-0.2, 0) is 16.5 Å². The van der Waals surface area contributed by atoms with Gasteiger partial charge in [-0.1, -0.05) is 12.1 Å². The van der Waals surface area contributed by atoms with E-state index < -0.39 is 10.1 Å². The number of H-pyrrole nitrogens is 1. The Labute approximate surface area is 145 Å². The lowest BCUT2D eigenvalue weighted by atomic mass is 10.1. The summed E-state index contributed by atoms with van der Waals surface area (Å²) >= 11 is 0. The molecular formula is C18H17NO5S. The number of aromatic amines is 1. The van der Waals surface area contributed by atoms with E-state index >= 15 is 0 Å². The van der Waals surface area contributed by atoms with Crippen molar-refractivity contribution in [2.45, 2.75) is 23.8 Å². The van der Waals surface area contributed by atoms with Crippen molar-refractivity contribution in [3.63, 3.8) is 0 Å². The first kappa shape index (κ1) is 16.0. The maximum absolute atomic E-state index is 11.1. The summed E-state index contributed by atoms with van der Waals surface area (Å²) in [5, 5.41) is 1.000. The van der Waals surface area contributed by atoms with E-state index in [-0.39, 0.29) is 11.0 Å². The second kappa shape index (κ2) is 6.09. The molecule has 1 atom stereocenters. The van der Waals surface area contributed by atoms with Gasteiger partial charge in [-0.2, -0.15) is 8.42 Å². The predicted molar refractivity (Wildman–Crippen MR) is 92.8 cm³/mol. The van der Waals surface area contributed by atoms with Crippen molar-refractivity contribution in [1.29, 1.82) is 0 Å².